The number of carbonyl (C=O) groups is 2. The Morgan fingerprint density at radius 1 is 0.875 bits per heavy atom. The summed E-state index contributed by atoms with van der Waals surface area (Å²) >= 11 is 0. The van der Waals surface area contributed by atoms with Gasteiger partial charge in [0.2, 0.25) is 5.78 Å². The van der Waals surface area contributed by atoms with Crippen LogP contribution >= 0.6 is 0 Å². The maximum Gasteiger partial charge on any atom is 0.312 e. The van der Waals surface area contributed by atoms with Gasteiger partial charge in [-0.25, -0.2) is 0 Å². The minimum atomic E-state index is -0.365. The van der Waals surface area contributed by atoms with Crippen LogP contribution in [0.25, 0.3) is 6.08 Å². The van der Waals surface area contributed by atoms with Crippen LogP contribution in [0.5, 0.6) is 23.0 Å². The minimum Gasteiger partial charge on any atom is -0.496 e. The van der Waals surface area contributed by atoms with Gasteiger partial charge < -0.3 is 18.9 Å². The van der Waals surface area contributed by atoms with Crippen molar-refractivity contribution < 1.29 is 28.5 Å². The van der Waals surface area contributed by atoms with Crippen LogP contribution in [0.2, 0.25) is 0 Å². The van der Waals surface area contributed by atoms with Crippen LogP contribution in [0.4, 0.5) is 0 Å². The van der Waals surface area contributed by atoms with E-state index in [-0.39, 0.29) is 29.9 Å². The molecule has 0 aliphatic carbocycles. The number of benzene rings is 3. The zero-order chi connectivity index (χ0) is 22.2. The van der Waals surface area contributed by atoms with Crippen molar-refractivity contribution in [3.8, 4) is 23.0 Å². The molecule has 0 aromatic heterocycles. The molecular formula is C26H20O6. The zero-order valence-electron chi connectivity index (χ0n) is 17.6. The summed E-state index contributed by atoms with van der Waals surface area (Å²) in [4.78, 5) is 25.5. The lowest BCUT2D eigenvalue weighted by Crippen LogP contribution is -2.22. The number of hydrogen-bond donors (Lipinski definition) is 0. The van der Waals surface area contributed by atoms with Gasteiger partial charge in [-0.2, -0.15) is 0 Å². The lowest BCUT2D eigenvalue weighted by atomic mass is 9.84. The monoisotopic (exact) mass is 428 g/mol. The van der Waals surface area contributed by atoms with Crippen LogP contribution in [-0.2, 0) is 4.79 Å². The molecule has 0 bridgehead atoms. The summed E-state index contributed by atoms with van der Waals surface area (Å²) in [6, 6.07) is 18.2. The number of para-hydroxylation sites is 2. The average Bonchev–Trinajstić information content (AvgIpc) is 3.13. The van der Waals surface area contributed by atoms with Crippen LogP contribution in [0.1, 0.15) is 39.4 Å². The second-order valence-corrected chi connectivity index (χ2v) is 7.51. The summed E-state index contributed by atoms with van der Waals surface area (Å²) in [5.41, 5.74) is 2.67. The van der Waals surface area contributed by atoms with Crippen molar-refractivity contribution in [2.45, 2.75) is 12.3 Å². The summed E-state index contributed by atoms with van der Waals surface area (Å²) in [6.07, 6.45) is 1.79. The van der Waals surface area contributed by atoms with Crippen LogP contribution in [0.3, 0.4) is 0 Å². The van der Waals surface area contributed by atoms with E-state index in [0.29, 0.717) is 34.1 Å². The third kappa shape index (κ3) is 3.21. The van der Waals surface area contributed by atoms with Gasteiger partial charge in [-0.1, -0.05) is 36.4 Å². The Balaban J connectivity index is 1.64. The zero-order valence-corrected chi connectivity index (χ0v) is 17.6. The quantitative estimate of drug-likeness (QED) is 0.339. The molecule has 0 saturated carbocycles. The molecule has 0 radical (unpaired) electrons. The summed E-state index contributed by atoms with van der Waals surface area (Å²) in [7, 11) is 3.16. The van der Waals surface area contributed by atoms with E-state index in [9.17, 15) is 9.59 Å². The summed E-state index contributed by atoms with van der Waals surface area (Å²) in [5, 5.41) is 0. The molecule has 0 spiro atoms. The highest BCUT2D eigenvalue weighted by atomic mass is 16.5. The first kappa shape index (κ1) is 19.9. The number of carbonyl (C=O) groups excluding carboxylic acids is 2. The van der Waals surface area contributed by atoms with Crippen molar-refractivity contribution >= 4 is 17.8 Å². The van der Waals surface area contributed by atoms with Gasteiger partial charge in [0.25, 0.3) is 0 Å². The molecular weight excluding hydrogens is 408 g/mol. The van der Waals surface area contributed by atoms with Gasteiger partial charge in [-0.15, -0.1) is 0 Å². The fraction of sp³-hybridized carbons (Fsp3) is 0.154. The van der Waals surface area contributed by atoms with Crippen molar-refractivity contribution in [3.05, 3.63) is 88.7 Å². The van der Waals surface area contributed by atoms with Gasteiger partial charge >= 0.3 is 5.97 Å². The number of Topliss-reactive ketones (excluding diaryl/α,β-unsaturated/α-hetero) is 1. The smallest absolute Gasteiger partial charge is 0.312 e. The van der Waals surface area contributed by atoms with Crippen molar-refractivity contribution in [1.29, 1.82) is 0 Å². The van der Waals surface area contributed by atoms with Crippen molar-refractivity contribution in [1.82, 2.24) is 0 Å². The Labute approximate surface area is 185 Å². The SMILES string of the molecule is COc1ccccc1C=C1Oc2c(ccc3c2C(c2ccccc2OC)CC(=O)O3)C1=O. The first-order valence-electron chi connectivity index (χ1n) is 10.2. The van der Waals surface area contributed by atoms with Gasteiger partial charge in [-0.05, 0) is 30.3 Å². The first-order chi connectivity index (χ1) is 15.6. The van der Waals surface area contributed by atoms with Gasteiger partial charge in [0.1, 0.15) is 23.0 Å². The second-order valence-electron chi connectivity index (χ2n) is 7.51. The van der Waals surface area contributed by atoms with E-state index in [1.54, 1.807) is 32.4 Å². The summed E-state index contributed by atoms with van der Waals surface area (Å²) < 4.78 is 22.5. The number of ether oxygens (including phenoxy) is 4. The van der Waals surface area contributed by atoms with E-state index < -0.39 is 0 Å². The number of fused-ring (bicyclic) bond motifs is 3. The molecule has 2 aliphatic rings. The molecule has 0 fully saturated rings. The van der Waals surface area contributed by atoms with E-state index in [1.807, 2.05) is 48.5 Å². The summed E-state index contributed by atoms with van der Waals surface area (Å²) in [5.74, 6) is 1.34. The van der Waals surface area contributed by atoms with Gasteiger partial charge in [0.15, 0.2) is 5.76 Å². The van der Waals surface area contributed by atoms with E-state index >= 15 is 0 Å². The average molecular weight is 428 g/mol. The molecule has 0 amide bonds. The number of hydrogen-bond acceptors (Lipinski definition) is 6. The topological polar surface area (TPSA) is 71.1 Å². The highest BCUT2D eigenvalue weighted by Gasteiger charge is 2.39. The molecule has 3 aromatic rings. The first-order valence-corrected chi connectivity index (χ1v) is 10.2. The number of rotatable bonds is 4. The van der Waals surface area contributed by atoms with E-state index in [4.69, 9.17) is 18.9 Å². The second kappa shape index (κ2) is 7.89. The third-order valence-electron chi connectivity index (χ3n) is 5.72. The standard InChI is InChI=1S/C26H20O6/c1-29-19-9-5-3-7-15(19)13-22-25(28)17-11-12-21-24(26(17)32-22)18(14-23(27)31-21)16-8-4-6-10-20(16)30-2/h3-13,18H,14H2,1-2H3. The van der Waals surface area contributed by atoms with Crippen molar-refractivity contribution in [2.75, 3.05) is 14.2 Å². The Hall–Kier alpha value is -4.06. The number of esters is 1. The number of methoxy groups -OCH3 is 2. The molecule has 2 aliphatic heterocycles. The van der Waals surface area contributed by atoms with Crippen LogP contribution in [-0.4, -0.2) is 26.0 Å². The maximum absolute atomic E-state index is 13.2. The highest BCUT2D eigenvalue weighted by Crippen LogP contribution is 2.50. The predicted octanol–water partition coefficient (Wildman–Crippen LogP) is 4.76. The van der Waals surface area contributed by atoms with Crippen LogP contribution < -0.4 is 18.9 Å². The molecule has 5 rings (SSSR count). The van der Waals surface area contributed by atoms with Gasteiger partial charge in [-0.3, -0.25) is 9.59 Å². The minimum absolute atomic E-state index is 0.118. The Morgan fingerprint density at radius 3 is 2.38 bits per heavy atom. The summed E-state index contributed by atoms with van der Waals surface area (Å²) in [6.45, 7) is 0. The highest BCUT2D eigenvalue weighted by molar-refractivity contribution is 6.15. The molecule has 6 nitrogen and oxygen atoms in total. The van der Waals surface area contributed by atoms with Crippen LogP contribution in [0.15, 0.2) is 66.4 Å². The molecule has 32 heavy (non-hydrogen) atoms. The molecule has 0 N–H and O–H groups in total. The number of ketones is 1. The van der Waals surface area contributed by atoms with E-state index in [0.717, 1.165) is 11.1 Å². The largest absolute Gasteiger partial charge is 0.496 e. The number of allylic oxidation sites excluding steroid dienone is 1. The third-order valence-corrected chi connectivity index (χ3v) is 5.72. The fourth-order valence-electron chi connectivity index (χ4n) is 4.25. The molecule has 6 heteroatoms. The Morgan fingerprint density at radius 2 is 1.59 bits per heavy atom. The fourth-order valence-corrected chi connectivity index (χ4v) is 4.25. The van der Waals surface area contributed by atoms with E-state index in [1.165, 1.54) is 0 Å². The predicted molar refractivity (Wildman–Crippen MR) is 117 cm³/mol. The Bertz CT molecular complexity index is 1270. The molecule has 1 atom stereocenters. The van der Waals surface area contributed by atoms with E-state index in [2.05, 4.69) is 0 Å². The molecule has 2 heterocycles. The molecule has 0 saturated heterocycles. The molecule has 1 unspecified atom stereocenters. The molecule has 3 aromatic carbocycles. The lowest BCUT2D eigenvalue weighted by Gasteiger charge is -2.27. The van der Waals surface area contributed by atoms with Gasteiger partial charge in [0, 0.05) is 22.6 Å². The lowest BCUT2D eigenvalue weighted by molar-refractivity contribution is -0.135. The van der Waals surface area contributed by atoms with Gasteiger partial charge in [0.05, 0.1) is 26.2 Å². The Kier molecular flexibility index (Phi) is 4.90. The maximum atomic E-state index is 13.2. The van der Waals surface area contributed by atoms with Crippen molar-refractivity contribution in [2.24, 2.45) is 0 Å². The van der Waals surface area contributed by atoms with Crippen LogP contribution in [0, 0.1) is 0 Å². The molecule has 160 valence electrons. The normalized spacial score (nSPS) is 17.9. The van der Waals surface area contributed by atoms with Crippen molar-refractivity contribution in [3.63, 3.8) is 0 Å².